The van der Waals surface area contributed by atoms with Crippen LogP contribution in [0.3, 0.4) is 0 Å². The summed E-state index contributed by atoms with van der Waals surface area (Å²) in [5.41, 5.74) is 2.24. The Morgan fingerprint density at radius 2 is 1.96 bits per heavy atom. The molecule has 27 heavy (non-hydrogen) atoms. The minimum atomic E-state index is 0.0450. The normalized spacial score (nSPS) is 16.5. The number of hydrogen-bond donors (Lipinski definition) is 2. The van der Waals surface area contributed by atoms with Crippen molar-refractivity contribution >= 4 is 16.9 Å². The number of aromatic nitrogens is 1. The molecule has 0 aliphatic carbocycles. The summed E-state index contributed by atoms with van der Waals surface area (Å²) >= 11 is 0. The van der Waals surface area contributed by atoms with Crippen LogP contribution in [0.2, 0.25) is 0 Å². The Labute approximate surface area is 162 Å². The first-order valence-corrected chi connectivity index (χ1v) is 9.78. The molecule has 0 amide bonds. The summed E-state index contributed by atoms with van der Waals surface area (Å²) in [6, 6.07) is 10.3. The number of guanidine groups is 1. The zero-order valence-corrected chi connectivity index (χ0v) is 16.7. The van der Waals surface area contributed by atoms with Crippen LogP contribution >= 0.6 is 0 Å². The number of fused-ring (bicyclic) bond motifs is 1. The van der Waals surface area contributed by atoms with E-state index in [1.165, 1.54) is 5.56 Å². The highest BCUT2D eigenvalue weighted by molar-refractivity contribution is 5.83. The van der Waals surface area contributed by atoms with Crippen LogP contribution in [-0.4, -0.2) is 60.8 Å². The number of pyridine rings is 1. The molecule has 0 radical (unpaired) electrons. The lowest BCUT2D eigenvalue weighted by atomic mass is 10.0. The number of hydrogen-bond acceptors (Lipinski definition) is 4. The van der Waals surface area contributed by atoms with Gasteiger partial charge in [0, 0.05) is 43.3 Å². The van der Waals surface area contributed by atoms with Crippen molar-refractivity contribution in [3.63, 3.8) is 0 Å². The van der Waals surface area contributed by atoms with Gasteiger partial charge in [-0.1, -0.05) is 18.2 Å². The summed E-state index contributed by atoms with van der Waals surface area (Å²) in [6.07, 6.45) is 1.86. The van der Waals surface area contributed by atoms with Crippen molar-refractivity contribution in [3.05, 3.63) is 42.1 Å². The molecule has 0 unspecified atom stereocenters. The first-order valence-electron chi connectivity index (χ1n) is 9.78. The molecular formula is C21H31N5O. The van der Waals surface area contributed by atoms with Crippen molar-refractivity contribution in [1.82, 2.24) is 20.5 Å². The second-order valence-corrected chi connectivity index (χ2v) is 7.45. The molecular weight excluding hydrogens is 338 g/mol. The van der Waals surface area contributed by atoms with E-state index >= 15 is 0 Å². The zero-order valence-electron chi connectivity index (χ0n) is 16.7. The molecule has 1 fully saturated rings. The lowest BCUT2D eigenvalue weighted by Crippen LogP contribution is -2.56. The molecule has 0 atom stereocenters. The fourth-order valence-corrected chi connectivity index (χ4v) is 3.38. The molecule has 6 heteroatoms. The molecule has 0 saturated carbocycles. The number of para-hydroxylation sites is 1. The molecule has 1 aromatic heterocycles. The van der Waals surface area contributed by atoms with Gasteiger partial charge in [-0.2, -0.15) is 0 Å². The number of ether oxygens (including phenoxy) is 1. The van der Waals surface area contributed by atoms with Gasteiger partial charge in [0.1, 0.15) is 0 Å². The minimum absolute atomic E-state index is 0.0450. The summed E-state index contributed by atoms with van der Waals surface area (Å²) in [6.45, 7) is 12.5. The minimum Gasteiger partial charge on any atom is -0.379 e. The van der Waals surface area contributed by atoms with Gasteiger partial charge in [-0.15, -0.1) is 0 Å². The van der Waals surface area contributed by atoms with Crippen molar-refractivity contribution in [3.8, 4) is 0 Å². The van der Waals surface area contributed by atoms with Gasteiger partial charge in [-0.05, 0) is 38.5 Å². The smallest absolute Gasteiger partial charge is 0.191 e. The maximum atomic E-state index is 5.48. The zero-order chi connectivity index (χ0) is 19.1. The summed E-state index contributed by atoms with van der Waals surface area (Å²) in [5, 5.41) is 8.03. The molecule has 0 bridgehead atoms. The van der Waals surface area contributed by atoms with Gasteiger partial charge in [0.05, 0.1) is 25.3 Å². The van der Waals surface area contributed by atoms with Gasteiger partial charge >= 0.3 is 0 Å². The maximum absolute atomic E-state index is 5.48. The topological polar surface area (TPSA) is 61.8 Å². The van der Waals surface area contributed by atoms with Crippen molar-refractivity contribution < 1.29 is 4.74 Å². The van der Waals surface area contributed by atoms with Gasteiger partial charge < -0.3 is 15.4 Å². The Balaban J connectivity index is 1.67. The predicted octanol–water partition coefficient (Wildman–Crippen LogP) is 2.40. The molecule has 1 aromatic carbocycles. The van der Waals surface area contributed by atoms with Crippen LogP contribution in [-0.2, 0) is 11.3 Å². The SMILES string of the molecule is CCNC(=NCc1ccnc2ccccc12)NCC(C)(C)N1CCOCC1. The summed E-state index contributed by atoms with van der Waals surface area (Å²) in [5.74, 6) is 0.847. The highest BCUT2D eigenvalue weighted by Gasteiger charge is 2.28. The second kappa shape index (κ2) is 9.15. The van der Waals surface area contributed by atoms with E-state index in [1.54, 1.807) is 0 Å². The van der Waals surface area contributed by atoms with Crippen LogP contribution in [0.15, 0.2) is 41.5 Å². The fourth-order valence-electron chi connectivity index (χ4n) is 3.38. The molecule has 146 valence electrons. The number of morpholine rings is 1. The Kier molecular flexibility index (Phi) is 6.63. The molecule has 3 rings (SSSR count). The summed E-state index contributed by atoms with van der Waals surface area (Å²) in [7, 11) is 0. The lowest BCUT2D eigenvalue weighted by Gasteiger charge is -2.41. The van der Waals surface area contributed by atoms with E-state index in [1.807, 2.05) is 30.5 Å². The highest BCUT2D eigenvalue weighted by Crippen LogP contribution is 2.17. The van der Waals surface area contributed by atoms with Gasteiger partial charge in [0.25, 0.3) is 0 Å². The second-order valence-electron chi connectivity index (χ2n) is 7.45. The lowest BCUT2D eigenvalue weighted by molar-refractivity contribution is -0.00834. The van der Waals surface area contributed by atoms with E-state index in [2.05, 4.69) is 47.4 Å². The van der Waals surface area contributed by atoms with E-state index in [4.69, 9.17) is 9.73 Å². The molecule has 1 aliphatic rings. The quantitative estimate of drug-likeness (QED) is 0.605. The number of aliphatic imine (C=N–C) groups is 1. The van der Waals surface area contributed by atoms with E-state index < -0.39 is 0 Å². The van der Waals surface area contributed by atoms with Gasteiger partial charge in [-0.3, -0.25) is 9.88 Å². The monoisotopic (exact) mass is 369 g/mol. The Bertz CT molecular complexity index is 763. The summed E-state index contributed by atoms with van der Waals surface area (Å²) in [4.78, 5) is 11.7. The Morgan fingerprint density at radius 1 is 1.19 bits per heavy atom. The van der Waals surface area contributed by atoms with E-state index in [-0.39, 0.29) is 5.54 Å². The van der Waals surface area contributed by atoms with Gasteiger partial charge in [-0.25, -0.2) is 4.99 Å². The van der Waals surface area contributed by atoms with E-state index in [9.17, 15) is 0 Å². The largest absolute Gasteiger partial charge is 0.379 e. The van der Waals surface area contributed by atoms with Crippen molar-refractivity contribution in [2.24, 2.45) is 4.99 Å². The molecule has 2 heterocycles. The molecule has 1 saturated heterocycles. The number of rotatable bonds is 6. The van der Waals surface area contributed by atoms with Crippen LogP contribution in [0.1, 0.15) is 26.3 Å². The van der Waals surface area contributed by atoms with Crippen molar-refractivity contribution in [1.29, 1.82) is 0 Å². The number of benzene rings is 1. The van der Waals surface area contributed by atoms with Crippen LogP contribution in [0.5, 0.6) is 0 Å². The molecule has 6 nitrogen and oxygen atoms in total. The summed E-state index contributed by atoms with van der Waals surface area (Å²) < 4.78 is 5.48. The Morgan fingerprint density at radius 3 is 2.74 bits per heavy atom. The molecule has 0 spiro atoms. The predicted molar refractivity (Wildman–Crippen MR) is 111 cm³/mol. The maximum Gasteiger partial charge on any atom is 0.191 e. The standard InChI is InChI=1S/C21H31N5O/c1-4-22-20(25-16-21(2,3)26-11-13-27-14-12-26)24-15-17-9-10-23-19-8-6-5-7-18(17)19/h5-10H,4,11-16H2,1-3H3,(H2,22,24,25). The number of nitrogens with one attached hydrogen (secondary N) is 2. The third-order valence-electron chi connectivity index (χ3n) is 5.05. The number of nitrogens with zero attached hydrogens (tertiary/aromatic N) is 3. The van der Waals surface area contributed by atoms with Gasteiger partial charge in [0.15, 0.2) is 5.96 Å². The molecule has 2 aromatic rings. The average Bonchev–Trinajstić information content (AvgIpc) is 2.71. The fraction of sp³-hybridized carbons (Fsp3) is 0.524. The van der Waals surface area contributed by atoms with Crippen LogP contribution in [0.25, 0.3) is 10.9 Å². The van der Waals surface area contributed by atoms with E-state index in [0.29, 0.717) is 6.54 Å². The first kappa shape index (κ1) is 19.6. The van der Waals surface area contributed by atoms with Crippen molar-refractivity contribution in [2.45, 2.75) is 32.9 Å². The third kappa shape index (κ3) is 5.17. The average molecular weight is 370 g/mol. The van der Waals surface area contributed by atoms with Gasteiger partial charge in [0.2, 0.25) is 0 Å². The highest BCUT2D eigenvalue weighted by atomic mass is 16.5. The van der Waals surface area contributed by atoms with Crippen LogP contribution in [0.4, 0.5) is 0 Å². The Hall–Kier alpha value is -2.18. The first-order chi connectivity index (χ1) is 13.1. The third-order valence-corrected chi connectivity index (χ3v) is 5.05. The molecule has 2 N–H and O–H groups in total. The van der Waals surface area contributed by atoms with Crippen LogP contribution < -0.4 is 10.6 Å². The van der Waals surface area contributed by atoms with Crippen LogP contribution in [0, 0.1) is 0 Å². The van der Waals surface area contributed by atoms with Crippen molar-refractivity contribution in [2.75, 3.05) is 39.4 Å². The van der Waals surface area contributed by atoms with E-state index in [0.717, 1.165) is 56.3 Å². The molecule has 1 aliphatic heterocycles.